The molecule has 36 heavy (non-hydrogen) atoms. The smallest absolute Gasteiger partial charge is 0.200 e. The zero-order valence-corrected chi connectivity index (χ0v) is 19.4. The third-order valence-electron chi connectivity index (χ3n) is 7.32. The van der Waals surface area contributed by atoms with Crippen molar-refractivity contribution < 1.29 is 8.83 Å². The fourth-order valence-electron chi connectivity index (χ4n) is 5.66. The second kappa shape index (κ2) is 6.86. The van der Waals surface area contributed by atoms with Crippen molar-refractivity contribution in [2.75, 3.05) is 0 Å². The van der Waals surface area contributed by atoms with E-state index in [2.05, 4.69) is 41.0 Å². The van der Waals surface area contributed by atoms with Crippen LogP contribution in [0.15, 0.2) is 111 Å². The molecular weight excluding hydrogens is 446 g/mol. The highest BCUT2D eigenvalue weighted by Crippen LogP contribution is 2.40. The summed E-state index contributed by atoms with van der Waals surface area (Å²) in [5.41, 5.74) is 6.96. The molecule has 0 bridgehead atoms. The summed E-state index contributed by atoms with van der Waals surface area (Å²) >= 11 is 0. The maximum atomic E-state index is 13.2. The number of benzene rings is 5. The number of aryl methyl sites for hydroxylation is 1. The summed E-state index contributed by atoms with van der Waals surface area (Å²) in [5.74, 6) is 0. The van der Waals surface area contributed by atoms with Gasteiger partial charge >= 0.3 is 0 Å². The first-order chi connectivity index (χ1) is 17.7. The van der Waals surface area contributed by atoms with Crippen LogP contribution >= 0.6 is 0 Å². The zero-order chi connectivity index (χ0) is 24.0. The van der Waals surface area contributed by atoms with Crippen LogP contribution in [-0.4, -0.2) is 4.57 Å². The van der Waals surface area contributed by atoms with Gasteiger partial charge in [-0.1, -0.05) is 48.5 Å². The summed E-state index contributed by atoms with van der Waals surface area (Å²) in [6.45, 7) is 1.96. The van der Waals surface area contributed by atoms with Crippen LogP contribution in [0.5, 0.6) is 0 Å². The predicted molar refractivity (Wildman–Crippen MR) is 146 cm³/mol. The Balaban J connectivity index is 1.50. The first kappa shape index (κ1) is 19.5. The Morgan fingerprint density at radius 2 is 1.33 bits per heavy atom. The lowest BCUT2D eigenvalue weighted by Gasteiger charge is -2.10. The summed E-state index contributed by atoms with van der Waals surface area (Å²) in [5, 5.41) is 5.60. The van der Waals surface area contributed by atoms with Gasteiger partial charge < -0.3 is 13.4 Å². The predicted octanol–water partition coefficient (Wildman–Crippen LogP) is 8.25. The minimum absolute atomic E-state index is 0.00675. The lowest BCUT2D eigenvalue weighted by Crippen LogP contribution is -2.03. The number of para-hydroxylation sites is 3. The van der Waals surface area contributed by atoms with Crippen LogP contribution in [0.3, 0.4) is 0 Å². The number of hydrogen-bond donors (Lipinski definition) is 0. The van der Waals surface area contributed by atoms with E-state index in [1.165, 1.54) is 0 Å². The molecular formula is C32H19NO3. The lowest BCUT2D eigenvalue weighted by atomic mass is 10.1. The third kappa shape index (κ3) is 2.45. The van der Waals surface area contributed by atoms with Crippen molar-refractivity contribution >= 4 is 65.7 Å². The van der Waals surface area contributed by atoms with Crippen molar-refractivity contribution in [3.63, 3.8) is 0 Å². The molecule has 3 heterocycles. The Bertz CT molecular complexity index is 2240. The minimum Gasteiger partial charge on any atom is -0.455 e. The first-order valence-electron chi connectivity index (χ1n) is 12.0. The van der Waals surface area contributed by atoms with Gasteiger partial charge in [-0.05, 0) is 55.0 Å². The third-order valence-corrected chi connectivity index (χ3v) is 7.32. The molecule has 8 rings (SSSR count). The molecule has 8 aromatic rings. The number of hydrogen-bond acceptors (Lipinski definition) is 3. The van der Waals surface area contributed by atoms with Gasteiger partial charge in [0.2, 0.25) is 5.43 Å². The first-order valence-corrected chi connectivity index (χ1v) is 12.0. The van der Waals surface area contributed by atoms with Crippen LogP contribution in [0.1, 0.15) is 5.56 Å². The van der Waals surface area contributed by atoms with Crippen molar-refractivity contribution in [2.24, 2.45) is 0 Å². The Labute approximate surface area is 204 Å². The van der Waals surface area contributed by atoms with Crippen molar-refractivity contribution in [3.8, 4) is 5.69 Å². The molecule has 0 amide bonds. The number of rotatable bonds is 1. The normalized spacial score (nSPS) is 12.1. The van der Waals surface area contributed by atoms with Crippen molar-refractivity contribution in [1.29, 1.82) is 0 Å². The lowest BCUT2D eigenvalue weighted by molar-refractivity contribution is 0.656. The van der Waals surface area contributed by atoms with Gasteiger partial charge in [0.25, 0.3) is 0 Å². The highest BCUT2D eigenvalue weighted by molar-refractivity contribution is 6.23. The summed E-state index contributed by atoms with van der Waals surface area (Å²) in [6, 6.07) is 32.3. The molecule has 0 unspecified atom stereocenters. The second-order valence-electron chi connectivity index (χ2n) is 9.35. The van der Waals surface area contributed by atoms with E-state index in [0.29, 0.717) is 21.9 Å². The molecule has 5 aromatic carbocycles. The van der Waals surface area contributed by atoms with Crippen LogP contribution in [0, 0.1) is 6.92 Å². The molecule has 170 valence electrons. The van der Waals surface area contributed by atoms with Crippen LogP contribution in [0.2, 0.25) is 0 Å². The number of fused-ring (bicyclic) bond motifs is 9. The van der Waals surface area contributed by atoms with Gasteiger partial charge in [0, 0.05) is 27.9 Å². The van der Waals surface area contributed by atoms with Crippen molar-refractivity contribution in [3.05, 3.63) is 113 Å². The minimum atomic E-state index is -0.00675. The number of furan rings is 1. The maximum absolute atomic E-state index is 13.2. The molecule has 0 saturated heterocycles. The number of nitrogens with zero attached hydrogens (tertiary/aromatic N) is 1. The van der Waals surface area contributed by atoms with E-state index in [4.69, 9.17) is 8.83 Å². The SMILES string of the molecule is Cc1cccc2c(=O)c3ccc(-n4c5ccccc5c5c6oc7ccccc7c6ccc54)cc3oc12. The summed E-state index contributed by atoms with van der Waals surface area (Å²) < 4.78 is 14.9. The van der Waals surface area contributed by atoms with Crippen LogP contribution in [0.25, 0.3) is 71.4 Å². The molecule has 0 saturated carbocycles. The van der Waals surface area contributed by atoms with E-state index < -0.39 is 0 Å². The van der Waals surface area contributed by atoms with Gasteiger partial charge in [0.15, 0.2) is 0 Å². The molecule has 0 spiro atoms. The van der Waals surface area contributed by atoms with Gasteiger partial charge in [-0.25, -0.2) is 0 Å². The Morgan fingerprint density at radius 3 is 2.25 bits per heavy atom. The topological polar surface area (TPSA) is 48.3 Å². The average Bonchev–Trinajstić information content (AvgIpc) is 3.45. The molecule has 0 fully saturated rings. The van der Waals surface area contributed by atoms with Gasteiger partial charge in [-0.15, -0.1) is 0 Å². The molecule has 4 nitrogen and oxygen atoms in total. The molecule has 3 aromatic heterocycles. The standard InChI is InChI=1S/C32H19NO3/c1-18-7-6-10-24-30(34)23-14-13-19(17-28(23)36-31(18)24)33-25-11-4-2-9-22(25)29-26(33)16-15-21-20-8-3-5-12-27(20)35-32(21)29/h2-17H,1H3. The number of aromatic nitrogens is 1. The summed E-state index contributed by atoms with van der Waals surface area (Å²) in [4.78, 5) is 13.2. The van der Waals surface area contributed by atoms with Crippen molar-refractivity contribution in [2.45, 2.75) is 6.92 Å². The van der Waals surface area contributed by atoms with Crippen LogP contribution < -0.4 is 5.43 Å². The highest BCUT2D eigenvalue weighted by atomic mass is 16.3. The van der Waals surface area contributed by atoms with Gasteiger partial charge in [-0.2, -0.15) is 0 Å². The Morgan fingerprint density at radius 1 is 0.583 bits per heavy atom. The molecule has 0 atom stereocenters. The summed E-state index contributed by atoms with van der Waals surface area (Å²) in [6.07, 6.45) is 0. The second-order valence-corrected chi connectivity index (χ2v) is 9.35. The van der Waals surface area contributed by atoms with E-state index in [-0.39, 0.29) is 5.43 Å². The highest BCUT2D eigenvalue weighted by Gasteiger charge is 2.19. The van der Waals surface area contributed by atoms with E-state index in [1.54, 1.807) is 0 Å². The quantitative estimate of drug-likeness (QED) is 0.229. The van der Waals surface area contributed by atoms with Crippen LogP contribution in [0.4, 0.5) is 0 Å². The molecule has 0 aliphatic heterocycles. The van der Waals surface area contributed by atoms with E-state index in [9.17, 15) is 4.79 Å². The average molecular weight is 466 g/mol. The molecule has 0 aliphatic carbocycles. The van der Waals surface area contributed by atoms with Gasteiger partial charge in [0.05, 0.1) is 27.2 Å². The van der Waals surface area contributed by atoms with Gasteiger partial charge in [0.1, 0.15) is 22.3 Å². The van der Waals surface area contributed by atoms with Crippen LogP contribution in [-0.2, 0) is 0 Å². The van der Waals surface area contributed by atoms with E-state index in [1.807, 2.05) is 67.6 Å². The Hall–Kier alpha value is -4.83. The largest absolute Gasteiger partial charge is 0.455 e. The zero-order valence-electron chi connectivity index (χ0n) is 19.4. The van der Waals surface area contributed by atoms with E-state index in [0.717, 1.165) is 55.0 Å². The monoisotopic (exact) mass is 465 g/mol. The Kier molecular flexibility index (Phi) is 3.71. The maximum Gasteiger partial charge on any atom is 0.200 e. The van der Waals surface area contributed by atoms with E-state index >= 15 is 0 Å². The molecule has 0 aliphatic rings. The summed E-state index contributed by atoms with van der Waals surface area (Å²) in [7, 11) is 0. The molecule has 0 N–H and O–H groups in total. The van der Waals surface area contributed by atoms with Crippen molar-refractivity contribution in [1.82, 2.24) is 4.57 Å². The fourth-order valence-corrected chi connectivity index (χ4v) is 5.66. The molecule has 4 heteroatoms. The fraction of sp³-hybridized carbons (Fsp3) is 0.0312. The van der Waals surface area contributed by atoms with Gasteiger partial charge in [-0.3, -0.25) is 4.79 Å². The molecule has 0 radical (unpaired) electrons.